The molecule has 0 aliphatic heterocycles. The van der Waals surface area contributed by atoms with Crippen molar-refractivity contribution in [2.45, 2.75) is 11.8 Å². The highest BCUT2D eigenvalue weighted by Crippen LogP contribution is 2.38. The molecule has 0 bridgehead atoms. The van der Waals surface area contributed by atoms with Crippen LogP contribution in [0.2, 0.25) is 5.02 Å². The standard InChI is InChI=1S/C16H10BrClN2O4S/c1-2-23-15-6-10(8-19)5-13(17)16(15)24-25(21,22)12-3-4-14(18)11(7-12)9-20/h3-7H,2H2,1H3. The first-order chi connectivity index (χ1) is 11.8. The van der Waals surface area contributed by atoms with E-state index in [0.717, 1.165) is 6.07 Å². The van der Waals surface area contributed by atoms with E-state index in [0.29, 0.717) is 0 Å². The first-order valence-corrected chi connectivity index (χ1v) is 9.41. The van der Waals surface area contributed by atoms with Crippen LogP contribution in [0.5, 0.6) is 11.5 Å². The number of rotatable bonds is 5. The highest BCUT2D eigenvalue weighted by molar-refractivity contribution is 9.10. The molecule has 0 saturated heterocycles. The average Bonchev–Trinajstić information content (AvgIpc) is 2.58. The number of nitrogens with zero attached hydrogens (tertiary/aromatic N) is 2. The molecule has 2 aromatic rings. The molecule has 0 atom stereocenters. The summed E-state index contributed by atoms with van der Waals surface area (Å²) < 4.78 is 35.8. The van der Waals surface area contributed by atoms with Crippen LogP contribution in [-0.4, -0.2) is 15.0 Å². The van der Waals surface area contributed by atoms with Crippen molar-refractivity contribution in [1.82, 2.24) is 0 Å². The van der Waals surface area contributed by atoms with Gasteiger partial charge in [-0.2, -0.15) is 18.9 Å². The van der Waals surface area contributed by atoms with Gasteiger partial charge in [-0.15, -0.1) is 0 Å². The van der Waals surface area contributed by atoms with Gasteiger partial charge >= 0.3 is 10.1 Å². The Hall–Kier alpha value is -2.26. The van der Waals surface area contributed by atoms with Gasteiger partial charge in [-0.25, -0.2) is 0 Å². The molecule has 0 spiro atoms. The molecule has 0 radical (unpaired) electrons. The third-order valence-electron chi connectivity index (χ3n) is 2.98. The predicted molar refractivity (Wildman–Crippen MR) is 94.0 cm³/mol. The maximum absolute atomic E-state index is 12.5. The lowest BCUT2D eigenvalue weighted by Crippen LogP contribution is -2.11. The summed E-state index contributed by atoms with van der Waals surface area (Å²) in [6.07, 6.45) is 0. The normalized spacial score (nSPS) is 10.6. The summed E-state index contributed by atoms with van der Waals surface area (Å²) >= 11 is 9.00. The minimum Gasteiger partial charge on any atom is -0.490 e. The molecule has 0 unspecified atom stereocenters. The maximum Gasteiger partial charge on any atom is 0.339 e. The third-order valence-corrected chi connectivity index (χ3v) is 5.11. The molecule has 25 heavy (non-hydrogen) atoms. The Labute approximate surface area is 158 Å². The molecule has 2 aromatic carbocycles. The minimum atomic E-state index is -4.25. The number of nitriles is 2. The number of hydrogen-bond donors (Lipinski definition) is 0. The van der Waals surface area contributed by atoms with Gasteiger partial charge in [0.2, 0.25) is 0 Å². The summed E-state index contributed by atoms with van der Waals surface area (Å²) in [5, 5.41) is 18.1. The zero-order valence-electron chi connectivity index (χ0n) is 12.8. The molecule has 0 aliphatic rings. The highest BCUT2D eigenvalue weighted by Gasteiger charge is 2.23. The summed E-state index contributed by atoms with van der Waals surface area (Å²) in [6, 6.07) is 10.2. The van der Waals surface area contributed by atoms with Gasteiger partial charge in [0.1, 0.15) is 11.0 Å². The summed E-state index contributed by atoms with van der Waals surface area (Å²) in [7, 11) is -4.25. The van der Waals surface area contributed by atoms with Gasteiger partial charge in [0.05, 0.1) is 33.3 Å². The highest BCUT2D eigenvalue weighted by atomic mass is 79.9. The molecule has 128 valence electrons. The van der Waals surface area contributed by atoms with Crippen molar-refractivity contribution < 1.29 is 17.3 Å². The fourth-order valence-corrected chi connectivity index (χ4v) is 3.65. The largest absolute Gasteiger partial charge is 0.490 e. The molecule has 0 aromatic heterocycles. The van der Waals surface area contributed by atoms with Gasteiger partial charge < -0.3 is 8.92 Å². The van der Waals surface area contributed by atoms with Crippen LogP contribution in [0.1, 0.15) is 18.1 Å². The van der Waals surface area contributed by atoms with Crippen LogP contribution in [0.4, 0.5) is 0 Å². The van der Waals surface area contributed by atoms with E-state index >= 15 is 0 Å². The van der Waals surface area contributed by atoms with Crippen molar-refractivity contribution >= 4 is 37.6 Å². The van der Waals surface area contributed by atoms with Crippen molar-refractivity contribution in [3.8, 4) is 23.6 Å². The zero-order chi connectivity index (χ0) is 18.6. The monoisotopic (exact) mass is 440 g/mol. The SMILES string of the molecule is CCOc1cc(C#N)cc(Br)c1OS(=O)(=O)c1ccc(Cl)c(C#N)c1. The maximum atomic E-state index is 12.5. The van der Waals surface area contributed by atoms with Crippen molar-refractivity contribution in [2.75, 3.05) is 6.61 Å². The van der Waals surface area contributed by atoms with Crippen LogP contribution >= 0.6 is 27.5 Å². The van der Waals surface area contributed by atoms with Gasteiger partial charge in [0.15, 0.2) is 11.5 Å². The smallest absolute Gasteiger partial charge is 0.339 e. The molecule has 0 heterocycles. The Bertz CT molecular complexity index is 1010. The lowest BCUT2D eigenvalue weighted by Gasteiger charge is -2.14. The Kier molecular flexibility index (Phi) is 5.91. The van der Waals surface area contributed by atoms with E-state index in [1.54, 1.807) is 6.92 Å². The first-order valence-electron chi connectivity index (χ1n) is 6.83. The zero-order valence-corrected chi connectivity index (χ0v) is 15.9. The topological polar surface area (TPSA) is 100 Å². The van der Waals surface area contributed by atoms with Gasteiger partial charge in [-0.3, -0.25) is 0 Å². The van der Waals surface area contributed by atoms with E-state index in [1.165, 1.54) is 24.3 Å². The molecule has 0 aliphatic carbocycles. The molecule has 0 fully saturated rings. The second-order valence-corrected chi connectivity index (χ2v) is 7.43. The molecule has 9 heteroatoms. The Morgan fingerprint density at radius 2 is 1.92 bits per heavy atom. The fraction of sp³-hybridized carbons (Fsp3) is 0.125. The van der Waals surface area contributed by atoms with E-state index < -0.39 is 10.1 Å². The van der Waals surface area contributed by atoms with Crippen LogP contribution in [0.3, 0.4) is 0 Å². The minimum absolute atomic E-state index is 0.00951. The summed E-state index contributed by atoms with van der Waals surface area (Å²) in [4.78, 5) is -0.229. The molecule has 0 N–H and O–H groups in total. The molecule has 0 saturated carbocycles. The predicted octanol–water partition coefficient (Wildman–Crippen LogP) is 4.01. The van der Waals surface area contributed by atoms with Gasteiger partial charge in [0, 0.05) is 6.07 Å². The number of benzene rings is 2. The van der Waals surface area contributed by atoms with Crippen LogP contribution in [-0.2, 0) is 10.1 Å². The number of ether oxygens (including phenoxy) is 1. The Morgan fingerprint density at radius 1 is 1.20 bits per heavy atom. The Morgan fingerprint density at radius 3 is 2.52 bits per heavy atom. The fourth-order valence-electron chi connectivity index (χ4n) is 1.88. The lowest BCUT2D eigenvalue weighted by atomic mass is 10.2. The van der Waals surface area contributed by atoms with Crippen molar-refractivity contribution in [1.29, 1.82) is 10.5 Å². The summed E-state index contributed by atoms with van der Waals surface area (Å²) in [5.41, 5.74) is 0.286. The van der Waals surface area contributed by atoms with Gasteiger partial charge in [-0.05, 0) is 47.1 Å². The second kappa shape index (κ2) is 7.75. The average molecular weight is 442 g/mol. The molecule has 6 nitrogen and oxygen atoms in total. The van der Waals surface area contributed by atoms with E-state index in [9.17, 15) is 8.42 Å². The molecule has 2 rings (SSSR count). The lowest BCUT2D eigenvalue weighted by molar-refractivity contribution is 0.327. The van der Waals surface area contributed by atoms with Crippen molar-refractivity contribution in [3.63, 3.8) is 0 Å². The van der Waals surface area contributed by atoms with Crippen LogP contribution in [0, 0.1) is 22.7 Å². The summed E-state index contributed by atoms with van der Waals surface area (Å²) in [5.74, 6) is 0.0146. The van der Waals surface area contributed by atoms with E-state index in [1.807, 2.05) is 12.1 Å². The summed E-state index contributed by atoms with van der Waals surface area (Å²) in [6.45, 7) is 1.96. The van der Waals surface area contributed by atoms with Gasteiger partial charge in [0.25, 0.3) is 0 Å². The molecular formula is C16H10BrClN2O4S. The van der Waals surface area contributed by atoms with Crippen molar-refractivity contribution in [2.24, 2.45) is 0 Å². The second-order valence-electron chi connectivity index (χ2n) is 4.62. The van der Waals surface area contributed by atoms with Crippen molar-refractivity contribution in [3.05, 3.63) is 51.0 Å². The van der Waals surface area contributed by atoms with Crippen LogP contribution < -0.4 is 8.92 Å². The quantitative estimate of drug-likeness (QED) is 0.650. The molecular weight excluding hydrogens is 432 g/mol. The Balaban J connectivity index is 2.51. The number of halogens is 2. The van der Waals surface area contributed by atoms with Gasteiger partial charge in [-0.1, -0.05) is 11.6 Å². The molecule has 0 amide bonds. The first kappa shape index (κ1) is 19.1. The van der Waals surface area contributed by atoms with E-state index in [4.69, 9.17) is 31.0 Å². The third kappa shape index (κ3) is 4.23. The van der Waals surface area contributed by atoms with Crippen LogP contribution in [0.25, 0.3) is 0 Å². The number of hydrogen-bond acceptors (Lipinski definition) is 6. The van der Waals surface area contributed by atoms with E-state index in [2.05, 4.69) is 15.9 Å². The van der Waals surface area contributed by atoms with Crippen LogP contribution in [0.15, 0.2) is 39.7 Å². The van der Waals surface area contributed by atoms with E-state index in [-0.39, 0.29) is 43.6 Å².